The van der Waals surface area contributed by atoms with Crippen molar-refractivity contribution in [1.29, 1.82) is 0 Å². The van der Waals surface area contributed by atoms with Crippen LogP contribution in [0.3, 0.4) is 0 Å². The molecule has 68 valence electrons. The van der Waals surface area contributed by atoms with Crippen LogP contribution in [-0.4, -0.2) is 46.5 Å². The van der Waals surface area contributed by atoms with Crippen molar-refractivity contribution in [2.45, 2.75) is 0 Å². The minimum atomic E-state index is -1.14. The van der Waals surface area contributed by atoms with Crippen molar-refractivity contribution in [3.8, 4) is 0 Å². The van der Waals surface area contributed by atoms with Gasteiger partial charge in [-0.05, 0) is 0 Å². The summed E-state index contributed by atoms with van der Waals surface area (Å²) in [6.45, 7) is -0.875. The Hall–Kier alpha value is -1.79. The lowest BCUT2D eigenvalue weighted by atomic mass is 10.5. The second-order valence-corrected chi connectivity index (χ2v) is 1.96. The number of carboxylic acids is 2. The van der Waals surface area contributed by atoms with E-state index in [1.165, 1.54) is 0 Å². The van der Waals surface area contributed by atoms with E-state index in [-0.39, 0.29) is 0 Å². The highest BCUT2D eigenvalue weighted by Gasteiger charge is 2.09. The molecule has 0 aromatic carbocycles. The number of hydrazone groups is 1. The molecule has 0 radical (unpaired) electrons. The fraction of sp³-hybridized carbons (Fsp3) is 0.400. The van der Waals surface area contributed by atoms with Gasteiger partial charge in [0.25, 0.3) is 0 Å². The first-order valence-corrected chi connectivity index (χ1v) is 2.97. The highest BCUT2D eigenvalue weighted by molar-refractivity contribution is 5.77. The van der Waals surface area contributed by atoms with E-state index in [1.807, 2.05) is 0 Å². The number of hydrogen-bond acceptors (Lipinski definition) is 4. The molecule has 0 atom stereocenters. The van der Waals surface area contributed by atoms with Gasteiger partial charge in [0, 0.05) is 0 Å². The number of hydrogen-bond donors (Lipinski definition) is 3. The zero-order valence-corrected chi connectivity index (χ0v) is 6.17. The van der Waals surface area contributed by atoms with Gasteiger partial charge in [0.2, 0.25) is 0 Å². The number of carbonyl (C=O) groups is 2. The molecule has 0 amide bonds. The molecule has 4 N–H and O–H groups in total. The normalized spacial score (nSPS) is 10.0. The predicted octanol–water partition coefficient (Wildman–Crippen LogP) is -1.64. The lowest BCUT2D eigenvalue weighted by molar-refractivity contribution is -0.139. The average Bonchev–Trinajstić information content (AvgIpc) is 1.84. The molecule has 7 nitrogen and oxygen atoms in total. The average molecular weight is 175 g/mol. The van der Waals surface area contributed by atoms with Crippen molar-refractivity contribution in [2.24, 2.45) is 10.9 Å². The zero-order valence-electron chi connectivity index (χ0n) is 6.17. The maximum atomic E-state index is 10.1. The van der Waals surface area contributed by atoms with Crippen LogP contribution in [0, 0.1) is 0 Å². The molecule has 0 saturated heterocycles. The Labute approximate surface area is 68.1 Å². The van der Waals surface area contributed by atoms with E-state index in [0.29, 0.717) is 0 Å². The van der Waals surface area contributed by atoms with E-state index >= 15 is 0 Å². The van der Waals surface area contributed by atoms with E-state index in [2.05, 4.69) is 5.10 Å². The predicted molar refractivity (Wildman–Crippen MR) is 39.5 cm³/mol. The van der Waals surface area contributed by atoms with Crippen molar-refractivity contribution in [3.63, 3.8) is 0 Å². The Morgan fingerprint density at radius 2 is 1.75 bits per heavy atom. The van der Waals surface area contributed by atoms with Crippen molar-refractivity contribution in [1.82, 2.24) is 4.90 Å². The summed E-state index contributed by atoms with van der Waals surface area (Å²) in [5.41, 5.74) is 0. The molecular formula is C5H9N3O4. The topological polar surface area (TPSA) is 116 Å². The van der Waals surface area contributed by atoms with Crippen molar-refractivity contribution in [2.75, 3.05) is 13.1 Å². The minimum absolute atomic E-state index is 0.438. The molecule has 0 rings (SSSR count). The van der Waals surface area contributed by atoms with Crippen LogP contribution in [0.2, 0.25) is 0 Å². The molecule has 0 spiro atoms. The first-order valence-electron chi connectivity index (χ1n) is 2.97. The third-order valence-corrected chi connectivity index (χ3v) is 0.907. The second-order valence-electron chi connectivity index (χ2n) is 1.96. The van der Waals surface area contributed by atoms with Gasteiger partial charge in [0.05, 0.1) is 0 Å². The van der Waals surface area contributed by atoms with E-state index in [1.54, 1.807) is 0 Å². The lowest BCUT2D eigenvalue weighted by Crippen LogP contribution is -2.33. The largest absolute Gasteiger partial charge is 0.480 e. The Morgan fingerprint density at radius 1 is 1.33 bits per heavy atom. The maximum Gasteiger partial charge on any atom is 0.323 e. The van der Waals surface area contributed by atoms with Gasteiger partial charge in [0.15, 0.2) is 0 Å². The molecule has 0 fully saturated rings. The van der Waals surface area contributed by atoms with Crippen LogP contribution in [0.1, 0.15) is 0 Å². The van der Waals surface area contributed by atoms with Crippen LogP contribution < -0.4 is 5.84 Å². The van der Waals surface area contributed by atoms with Gasteiger partial charge in [-0.15, -0.1) is 0 Å². The van der Waals surface area contributed by atoms with Gasteiger partial charge in [-0.25, -0.2) is 0 Å². The Bertz CT molecular complexity index is 187. The number of aliphatic carboxylic acids is 2. The molecule has 7 heteroatoms. The Balaban J connectivity index is 4.03. The van der Waals surface area contributed by atoms with E-state index in [9.17, 15) is 9.59 Å². The SMILES string of the molecule is NN=CN(CC(=O)O)CC(=O)O. The molecule has 0 unspecified atom stereocenters. The number of carboxylic acid groups (broad SMARTS) is 2. The minimum Gasteiger partial charge on any atom is -0.480 e. The van der Waals surface area contributed by atoms with Crippen LogP contribution in [0.25, 0.3) is 0 Å². The lowest BCUT2D eigenvalue weighted by Gasteiger charge is -2.12. The van der Waals surface area contributed by atoms with Gasteiger partial charge in [-0.3, -0.25) is 9.59 Å². The molecule has 0 aliphatic heterocycles. The molecule has 0 bridgehead atoms. The highest BCUT2D eigenvalue weighted by Crippen LogP contribution is 1.82. The molecule has 0 aromatic rings. The van der Waals surface area contributed by atoms with Gasteiger partial charge in [-0.1, -0.05) is 0 Å². The van der Waals surface area contributed by atoms with Crippen LogP contribution in [0.15, 0.2) is 5.10 Å². The third-order valence-electron chi connectivity index (χ3n) is 0.907. The van der Waals surface area contributed by atoms with Gasteiger partial charge in [-0.2, -0.15) is 5.10 Å². The summed E-state index contributed by atoms with van der Waals surface area (Å²) in [4.78, 5) is 21.2. The van der Waals surface area contributed by atoms with Crippen molar-refractivity contribution >= 4 is 18.3 Å². The van der Waals surface area contributed by atoms with Gasteiger partial charge in [0.1, 0.15) is 19.4 Å². The smallest absolute Gasteiger partial charge is 0.323 e. The monoisotopic (exact) mass is 175 g/mol. The number of nitrogens with zero attached hydrogens (tertiary/aromatic N) is 2. The molecule has 0 aliphatic rings. The standard InChI is InChI=1S/C5H9N3O4/c6-7-3-8(1-4(9)10)2-5(11)12/h3H,1-2,6H2,(H,9,10)(H,11,12). The molecule has 12 heavy (non-hydrogen) atoms. The fourth-order valence-electron chi connectivity index (χ4n) is 0.579. The summed E-state index contributed by atoms with van der Waals surface area (Å²) in [6.07, 6.45) is 0.961. The first-order chi connectivity index (χ1) is 5.56. The fourth-order valence-corrected chi connectivity index (χ4v) is 0.579. The molecule has 0 aliphatic carbocycles. The molecular weight excluding hydrogens is 166 g/mol. The highest BCUT2D eigenvalue weighted by atomic mass is 16.4. The Kier molecular flexibility index (Phi) is 4.20. The summed E-state index contributed by atoms with van der Waals surface area (Å²) in [6, 6.07) is 0. The summed E-state index contributed by atoms with van der Waals surface area (Å²) in [7, 11) is 0. The van der Waals surface area contributed by atoms with Crippen LogP contribution in [0.4, 0.5) is 0 Å². The third kappa shape index (κ3) is 5.03. The van der Waals surface area contributed by atoms with Gasteiger partial charge < -0.3 is 21.0 Å². The van der Waals surface area contributed by atoms with Crippen molar-refractivity contribution < 1.29 is 19.8 Å². The van der Waals surface area contributed by atoms with E-state index in [0.717, 1.165) is 11.2 Å². The van der Waals surface area contributed by atoms with E-state index < -0.39 is 25.0 Å². The van der Waals surface area contributed by atoms with Crippen LogP contribution in [-0.2, 0) is 9.59 Å². The van der Waals surface area contributed by atoms with Crippen LogP contribution >= 0.6 is 0 Å². The first kappa shape index (κ1) is 10.2. The quantitative estimate of drug-likeness (QED) is 0.200. The summed E-state index contributed by atoms with van der Waals surface area (Å²) in [5.74, 6) is 2.44. The Morgan fingerprint density at radius 3 is 2.00 bits per heavy atom. The zero-order chi connectivity index (χ0) is 9.56. The van der Waals surface area contributed by atoms with Crippen molar-refractivity contribution in [3.05, 3.63) is 0 Å². The molecule has 0 heterocycles. The summed E-state index contributed by atoms with van der Waals surface area (Å²) in [5, 5.41) is 19.6. The summed E-state index contributed by atoms with van der Waals surface area (Å²) < 4.78 is 0. The number of rotatable bonds is 5. The summed E-state index contributed by atoms with van der Waals surface area (Å²) >= 11 is 0. The van der Waals surface area contributed by atoms with Crippen LogP contribution in [0.5, 0.6) is 0 Å². The molecule has 0 aromatic heterocycles. The number of nitrogens with two attached hydrogens (primary N) is 1. The maximum absolute atomic E-state index is 10.1. The second kappa shape index (κ2) is 4.94. The van der Waals surface area contributed by atoms with E-state index in [4.69, 9.17) is 16.1 Å². The molecule has 0 saturated carbocycles. The van der Waals surface area contributed by atoms with Gasteiger partial charge >= 0.3 is 11.9 Å².